The van der Waals surface area contributed by atoms with Gasteiger partial charge in [-0.15, -0.1) is 0 Å². The summed E-state index contributed by atoms with van der Waals surface area (Å²) in [6.45, 7) is -2.87. The second-order valence-corrected chi connectivity index (χ2v) is 6.93. The minimum absolute atomic E-state index is 0.0419. The number of carbonyl (C=O) groups excluding carboxylic acids is 2. The molecule has 166 valence electrons. The summed E-state index contributed by atoms with van der Waals surface area (Å²) in [6, 6.07) is 22.6. The van der Waals surface area contributed by atoms with E-state index in [0.29, 0.717) is 24.2 Å². The number of rotatable bonds is 9. The van der Waals surface area contributed by atoms with Crippen molar-refractivity contribution in [1.29, 1.82) is 0 Å². The van der Waals surface area contributed by atoms with Crippen molar-refractivity contribution in [3.63, 3.8) is 0 Å². The molecule has 0 aliphatic rings. The molecule has 6 nitrogen and oxygen atoms in total. The topological polar surface area (TPSA) is 79.5 Å². The lowest BCUT2D eigenvalue weighted by Gasteiger charge is -2.14. The fourth-order valence-corrected chi connectivity index (χ4v) is 3.03. The highest BCUT2D eigenvalue weighted by molar-refractivity contribution is 5.94. The van der Waals surface area contributed by atoms with Gasteiger partial charge in [-0.1, -0.05) is 60.7 Å². The highest BCUT2D eigenvalue weighted by Crippen LogP contribution is 2.27. The van der Waals surface area contributed by atoms with Crippen molar-refractivity contribution < 1.29 is 23.1 Å². The van der Waals surface area contributed by atoms with Gasteiger partial charge in [0, 0.05) is 24.2 Å². The number of halogens is 2. The molecule has 3 N–H and O–H groups in total. The first-order chi connectivity index (χ1) is 15.5. The molecule has 3 aromatic rings. The van der Waals surface area contributed by atoms with Crippen LogP contribution in [0.1, 0.15) is 16.7 Å². The van der Waals surface area contributed by atoms with Crippen LogP contribution in [-0.4, -0.2) is 25.1 Å². The van der Waals surface area contributed by atoms with Crippen LogP contribution in [0.3, 0.4) is 0 Å². The van der Waals surface area contributed by atoms with E-state index in [9.17, 15) is 18.4 Å². The van der Waals surface area contributed by atoms with E-state index in [-0.39, 0.29) is 12.3 Å². The van der Waals surface area contributed by atoms with E-state index in [2.05, 4.69) is 20.7 Å². The van der Waals surface area contributed by atoms with Crippen LogP contribution in [0.4, 0.5) is 19.3 Å². The van der Waals surface area contributed by atoms with Crippen LogP contribution in [-0.2, 0) is 17.8 Å². The Hall–Kier alpha value is -3.94. The molecule has 8 heteroatoms. The third kappa shape index (κ3) is 7.39. The summed E-state index contributed by atoms with van der Waals surface area (Å²) in [4.78, 5) is 24.1. The fraction of sp³-hybridized carbons (Fsp3) is 0.167. The molecule has 0 aliphatic heterocycles. The van der Waals surface area contributed by atoms with Gasteiger partial charge in [0.2, 0.25) is 5.91 Å². The Kier molecular flexibility index (Phi) is 8.14. The van der Waals surface area contributed by atoms with E-state index in [1.165, 1.54) is 12.1 Å². The Morgan fingerprint density at radius 1 is 0.844 bits per heavy atom. The number of benzene rings is 3. The predicted octanol–water partition coefficient (Wildman–Crippen LogP) is 4.32. The van der Waals surface area contributed by atoms with Crippen LogP contribution in [0.25, 0.3) is 0 Å². The van der Waals surface area contributed by atoms with Gasteiger partial charge in [-0.3, -0.25) is 4.79 Å². The Morgan fingerprint density at radius 3 is 2.16 bits per heavy atom. The largest absolute Gasteiger partial charge is 0.435 e. The molecule has 0 bridgehead atoms. The first-order valence-electron chi connectivity index (χ1n) is 9.97. The normalized spacial score (nSPS) is 10.5. The molecule has 0 spiro atoms. The number of nitrogens with one attached hydrogen (secondary N) is 3. The van der Waals surface area contributed by atoms with Gasteiger partial charge in [-0.05, 0) is 29.3 Å². The van der Waals surface area contributed by atoms with Crippen molar-refractivity contribution in [2.45, 2.75) is 19.6 Å². The van der Waals surface area contributed by atoms with E-state index in [1.54, 1.807) is 6.07 Å². The molecule has 3 amide bonds. The summed E-state index contributed by atoms with van der Waals surface area (Å²) in [7, 11) is 0. The Balaban J connectivity index is 1.56. The SMILES string of the molecule is O=C(CNC(=O)NCc1ccccc1)Nc1ccc(OC(F)F)c(Cc2ccccc2)c1. The monoisotopic (exact) mass is 439 g/mol. The summed E-state index contributed by atoms with van der Waals surface area (Å²) in [5.41, 5.74) is 2.76. The highest BCUT2D eigenvalue weighted by atomic mass is 19.3. The first kappa shape index (κ1) is 22.7. The quantitative estimate of drug-likeness (QED) is 0.465. The minimum atomic E-state index is -2.96. The lowest BCUT2D eigenvalue weighted by Crippen LogP contribution is -2.39. The van der Waals surface area contributed by atoms with Crippen molar-refractivity contribution in [3.05, 3.63) is 95.6 Å². The maximum Gasteiger partial charge on any atom is 0.387 e. The third-order valence-electron chi connectivity index (χ3n) is 4.50. The van der Waals surface area contributed by atoms with E-state index in [4.69, 9.17) is 0 Å². The van der Waals surface area contributed by atoms with Crippen molar-refractivity contribution in [3.8, 4) is 5.75 Å². The van der Waals surface area contributed by atoms with Crippen LogP contribution >= 0.6 is 0 Å². The Bertz CT molecular complexity index is 1030. The number of hydrogen-bond acceptors (Lipinski definition) is 3. The number of urea groups is 1. The molecule has 3 aromatic carbocycles. The van der Waals surface area contributed by atoms with Crippen molar-refractivity contribution in [2.75, 3.05) is 11.9 Å². The highest BCUT2D eigenvalue weighted by Gasteiger charge is 2.13. The first-order valence-corrected chi connectivity index (χ1v) is 9.97. The molecule has 0 aliphatic carbocycles. The number of ether oxygens (including phenoxy) is 1. The molecule has 0 saturated heterocycles. The van der Waals surface area contributed by atoms with Crippen molar-refractivity contribution in [1.82, 2.24) is 10.6 Å². The van der Waals surface area contributed by atoms with E-state index in [1.807, 2.05) is 60.7 Å². The fourth-order valence-electron chi connectivity index (χ4n) is 3.03. The Morgan fingerprint density at radius 2 is 1.50 bits per heavy atom. The van der Waals surface area contributed by atoms with Gasteiger partial charge in [0.25, 0.3) is 0 Å². The van der Waals surface area contributed by atoms with Gasteiger partial charge >= 0.3 is 12.6 Å². The van der Waals surface area contributed by atoms with Crippen LogP contribution in [0.2, 0.25) is 0 Å². The van der Waals surface area contributed by atoms with Crippen LogP contribution < -0.4 is 20.7 Å². The zero-order valence-corrected chi connectivity index (χ0v) is 17.2. The van der Waals surface area contributed by atoms with E-state index >= 15 is 0 Å². The average molecular weight is 439 g/mol. The molecule has 0 radical (unpaired) electrons. The van der Waals surface area contributed by atoms with Crippen molar-refractivity contribution >= 4 is 17.6 Å². The smallest absolute Gasteiger partial charge is 0.387 e. The third-order valence-corrected chi connectivity index (χ3v) is 4.50. The van der Waals surface area contributed by atoms with E-state index < -0.39 is 18.5 Å². The summed E-state index contributed by atoms with van der Waals surface area (Å²) in [6.07, 6.45) is 0.354. The molecule has 0 unspecified atom stereocenters. The lowest BCUT2D eigenvalue weighted by molar-refractivity contribution is -0.115. The molecule has 0 fully saturated rings. The summed E-state index contributed by atoms with van der Waals surface area (Å²) >= 11 is 0. The maximum absolute atomic E-state index is 12.8. The predicted molar refractivity (Wildman–Crippen MR) is 118 cm³/mol. The van der Waals surface area contributed by atoms with Crippen molar-refractivity contribution in [2.24, 2.45) is 0 Å². The number of hydrogen-bond donors (Lipinski definition) is 3. The summed E-state index contributed by atoms with van der Waals surface area (Å²) < 4.78 is 30.1. The average Bonchev–Trinajstić information content (AvgIpc) is 2.79. The number of anilines is 1. The zero-order chi connectivity index (χ0) is 22.8. The Labute approximate surface area is 184 Å². The molecule has 0 aromatic heterocycles. The molecular formula is C24H23F2N3O3. The molecule has 32 heavy (non-hydrogen) atoms. The molecule has 0 heterocycles. The number of alkyl halides is 2. The number of carbonyl (C=O) groups is 2. The van der Waals surface area contributed by atoms with Crippen LogP contribution in [0.15, 0.2) is 78.9 Å². The maximum atomic E-state index is 12.8. The van der Waals surface area contributed by atoms with Crippen LogP contribution in [0.5, 0.6) is 5.75 Å². The van der Waals surface area contributed by atoms with Gasteiger partial charge in [-0.2, -0.15) is 8.78 Å². The molecule has 3 rings (SSSR count). The minimum Gasteiger partial charge on any atom is -0.435 e. The number of amides is 3. The molecule has 0 atom stereocenters. The van der Waals surface area contributed by atoms with Gasteiger partial charge < -0.3 is 20.7 Å². The standard InChI is InChI=1S/C24H23F2N3O3/c25-23(26)32-21-12-11-20(14-19(21)13-17-7-3-1-4-8-17)29-22(30)16-28-24(31)27-15-18-9-5-2-6-10-18/h1-12,14,23H,13,15-16H2,(H,29,30)(H2,27,28,31). The lowest BCUT2D eigenvalue weighted by atomic mass is 10.0. The van der Waals surface area contributed by atoms with E-state index in [0.717, 1.165) is 11.1 Å². The summed E-state index contributed by atoms with van der Waals surface area (Å²) in [5.74, 6) is -0.409. The second-order valence-electron chi connectivity index (χ2n) is 6.93. The van der Waals surface area contributed by atoms with Crippen LogP contribution in [0, 0.1) is 0 Å². The second kappa shape index (κ2) is 11.5. The van der Waals surface area contributed by atoms with Gasteiger partial charge in [0.05, 0.1) is 6.54 Å². The molecular weight excluding hydrogens is 416 g/mol. The zero-order valence-electron chi connectivity index (χ0n) is 17.2. The van der Waals surface area contributed by atoms with Gasteiger partial charge in [-0.25, -0.2) is 4.79 Å². The summed E-state index contributed by atoms with van der Waals surface area (Å²) in [5, 5.41) is 7.79. The van der Waals surface area contributed by atoms with Gasteiger partial charge in [0.15, 0.2) is 0 Å². The molecule has 0 saturated carbocycles. The van der Waals surface area contributed by atoms with Gasteiger partial charge in [0.1, 0.15) is 5.75 Å².